The van der Waals surface area contributed by atoms with Gasteiger partial charge in [0.25, 0.3) is 0 Å². The van der Waals surface area contributed by atoms with Crippen molar-refractivity contribution in [1.82, 2.24) is 9.55 Å². The van der Waals surface area contributed by atoms with E-state index in [9.17, 15) is 0 Å². The van der Waals surface area contributed by atoms with E-state index in [1.807, 2.05) is 6.07 Å². The van der Waals surface area contributed by atoms with Crippen molar-refractivity contribution >= 4 is 43.4 Å². The highest BCUT2D eigenvalue weighted by Gasteiger charge is 2.17. The fourth-order valence-corrected chi connectivity index (χ4v) is 4.96. The summed E-state index contributed by atoms with van der Waals surface area (Å²) in [7, 11) is 0. The Morgan fingerprint density at radius 1 is 0.643 bits per heavy atom. The second-order valence-electron chi connectivity index (χ2n) is 6.88. The molecule has 0 aliphatic carbocycles. The molecule has 0 aliphatic heterocycles. The molecule has 0 aliphatic rings. The first-order valence-corrected chi connectivity index (χ1v) is 10.2. The average molecular weight is 376 g/mol. The summed E-state index contributed by atoms with van der Waals surface area (Å²) in [6, 6.07) is 34.1. The lowest BCUT2D eigenvalue weighted by Crippen LogP contribution is -1.93. The molecule has 4 aromatic carbocycles. The first-order valence-electron chi connectivity index (χ1n) is 9.34. The smallest absolute Gasteiger partial charge is 0.124 e. The third-order valence-corrected chi connectivity index (χ3v) is 6.30. The predicted octanol–water partition coefficient (Wildman–Crippen LogP) is 7.06. The Morgan fingerprint density at radius 3 is 2.18 bits per heavy atom. The molecular formula is C25H16N2S. The maximum Gasteiger partial charge on any atom is 0.124 e. The molecule has 0 saturated carbocycles. The molecule has 2 aromatic heterocycles. The number of fused-ring (bicyclic) bond motifs is 5. The van der Waals surface area contributed by atoms with Gasteiger partial charge in [0, 0.05) is 22.0 Å². The lowest BCUT2D eigenvalue weighted by atomic mass is 10.1. The topological polar surface area (TPSA) is 17.8 Å². The molecule has 6 aromatic rings. The fourth-order valence-electron chi connectivity index (χ4n) is 3.99. The molecule has 28 heavy (non-hydrogen) atoms. The van der Waals surface area contributed by atoms with Gasteiger partial charge < -0.3 is 4.57 Å². The van der Waals surface area contributed by atoms with Gasteiger partial charge in [0.15, 0.2) is 0 Å². The zero-order valence-electron chi connectivity index (χ0n) is 15.0. The molecule has 2 nitrogen and oxygen atoms in total. The number of thiazole rings is 1. The Kier molecular flexibility index (Phi) is 3.37. The van der Waals surface area contributed by atoms with Crippen molar-refractivity contribution in [3.05, 3.63) is 97.1 Å². The van der Waals surface area contributed by atoms with Gasteiger partial charge in [0.2, 0.25) is 0 Å². The van der Waals surface area contributed by atoms with Gasteiger partial charge in [-0.1, -0.05) is 72.8 Å². The normalized spacial score (nSPS) is 11.6. The molecular weight excluding hydrogens is 360 g/mol. The summed E-state index contributed by atoms with van der Waals surface area (Å²) in [4.78, 5) is 5.09. The van der Waals surface area contributed by atoms with Gasteiger partial charge in [-0.2, -0.15) is 0 Å². The van der Waals surface area contributed by atoms with Gasteiger partial charge >= 0.3 is 0 Å². The van der Waals surface area contributed by atoms with E-state index in [0.29, 0.717) is 0 Å². The Bertz CT molecular complexity index is 1440. The van der Waals surface area contributed by atoms with Crippen LogP contribution >= 0.6 is 11.3 Å². The minimum absolute atomic E-state index is 1.06. The van der Waals surface area contributed by atoms with Crippen LogP contribution in [0, 0.1) is 0 Å². The van der Waals surface area contributed by atoms with Crippen molar-refractivity contribution in [3.63, 3.8) is 0 Å². The van der Waals surface area contributed by atoms with E-state index in [0.717, 1.165) is 16.2 Å². The maximum atomic E-state index is 5.09. The van der Waals surface area contributed by atoms with E-state index in [4.69, 9.17) is 4.98 Å². The van der Waals surface area contributed by atoms with E-state index in [1.54, 1.807) is 11.3 Å². The van der Waals surface area contributed by atoms with Crippen molar-refractivity contribution in [1.29, 1.82) is 0 Å². The summed E-state index contributed by atoms with van der Waals surface area (Å²) in [5.41, 5.74) is 5.80. The zero-order chi connectivity index (χ0) is 18.5. The van der Waals surface area contributed by atoms with Crippen LogP contribution in [0.15, 0.2) is 97.1 Å². The summed E-state index contributed by atoms with van der Waals surface area (Å²) >= 11 is 1.75. The summed E-state index contributed by atoms with van der Waals surface area (Å²) in [5, 5.41) is 3.57. The molecule has 0 N–H and O–H groups in total. The lowest BCUT2D eigenvalue weighted by molar-refractivity contribution is 1.18. The van der Waals surface area contributed by atoms with E-state index in [1.165, 1.54) is 32.1 Å². The van der Waals surface area contributed by atoms with E-state index < -0.39 is 0 Å². The van der Waals surface area contributed by atoms with Crippen molar-refractivity contribution < 1.29 is 0 Å². The molecule has 0 saturated heterocycles. The molecule has 0 spiro atoms. The molecule has 2 heterocycles. The number of nitrogens with zero attached hydrogens (tertiary/aromatic N) is 2. The summed E-state index contributed by atoms with van der Waals surface area (Å²) in [6.07, 6.45) is 0. The highest BCUT2D eigenvalue weighted by Crippen LogP contribution is 2.39. The minimum atomic E-state index is 1.06. The van der Waals surface area contributed by atoms with E-state index >= 15 is 0 Å². The first-order chi connectivity index (χ1) is 13.9. The van der Waals surface area contributed by atoms with Crippen LogP contribution in [0.5, 0.6) is 0 Å². The van der Waals surface area contributed by atoms with Gasteiger partial charge in [0.05, 0.1) is 15.7 Å². The summed E-state index contributed by atoms with van der Waals surface area (Å²) < 4.78 is 3.56. The van der Waals surface area contributed by atoms with Crippen molar-refractivity contribution in [2.45, 2.75) is 0 Å². The number of hydrogen-bond acceptors (Lipinski definition) is 2. The van der Waals surface area contributed by atoms with Crippen molar-refractivity contribution in [2.24, 2.45) is 0 Å². The Morgan fingerprint density at radius 2 is 1.36 bits per heavy atom. The van der Waals surface area contributed by atoms with Gasteiger partial charge in [-0.15, -0.1) is 11.3 Å². The molecule has 0 atom stereocenters. The number of benzene rings is 4. The maximum absolute atomic E-state index is 5.09. The second-order valence-corrected chi connectivity index (χ2v) is 7.91. The largest absolute Gasteiger partial charge is 0.307 e. The van der Waals surface area contributed by atoms with Crippen molar-refractivity contribution in [2.75, 3.05) is 0 Å². The molecule has 0 amide bonds. The van der Waals surface area contributed by atoms with Crippen LogP contribution in [-0.2, 0) is 0 Å². The average Bonchev–Trinajstić information content (AvgIpc) is 3.34. The number of hydrogen-bond donors (Lipinski definition) is 0. The van der Waals surface area contributed by atoms with Crippen LogP contribution in [0.2, 0.25) is 0 Å². The van der Waals surface area contributed by atoms with Gasteiger partial charge in [-0.3, -0.25) is 0 Å². The minimum Gasteiger partial charge on any atom is -0.307 e. The Labute approximate surface area is 166 Å². The van der Waals surface area contributed by atoms with E-state index in [2.05, 4.69) is 95.6 Å². The molecule has 0 radical (unpaired) electrons. The number of rotatable bonds is 2. The molecule has 132 valence electrons. The molecule has 0 fully saturated rings. The SMILES string of the molecule is c1ccc(-c2nc3c(ccc4c5ccccc5n(-c5ccccc5)c43)s2)cc1. The quantitative estimate of drug-likeness (QED) is 0.316. The third-order valence-electron chi connectivity index (χ3n) is 5.23. The molecule has 0 unspecified atom stereocenters. The van der Waals surface area contributed by atoms with E-state index in [-0.39, 0.29) is 0 Å². The summed E-state index contributed by atoms with van der Waals surface area (Å²) in [6.45, 7) is 0. The lowest BCUT2D eigenvalue weighted by Gasteiger charge is -2.07. The van der Waals surface area contributed by atoms with Gasteiger partial charge in [0.1, 0.15) is 10.5 Å². The highest BCUT2D eigenvalue weighted by molar-refractivity contribution is 7.21. The fraction of sp³-hybridized carbons (Fsp3) is 0. The monoisotopic (exact) mass is 376 g/mol. The van der Waals surface area contributed by atoms with Gasteiger partial charge in [-0.05, 0) is 24.3 Å². The zero-order valence-corrected chi connectivity index (χ0v) is 15.9. The first kappa shape index (κ1) is 15.6. The Hall–Kier alpha value is -3.43. The third kappa shape index (κ3) is 2.23. The van der Waals surface area contributed by atoms with Crippen LogP contribution in [0.4, 0.5) is 0 Å². The van der Waals surface area contributed by atoms with Crippen LogP contribution in [0.3, 0.4) is 0 Å². The number of aromatic nitrogens is 2. The predicted molar refractivity (Wildman–Crippen MR) is 119 cm³/mol. The summed E-state index contributed by atoms with van der Waals surface area (Å²) in [5.74, 6) is 0. The Balaban J connectivity index is 1.78. The highest BCUT2D eigenvalue weighted by atomic mass is 32.1. The standard InChI is InChI=1S/C25H16N2S/c1-3-9-17(10-4-1)25-26-23-22(28-25)16-15-20-19-13-7-8-14-21(19)27(24(20)23)18-11-5-2-6-12-18/h1-16H. The van der Waals surface area contributed by atoms with Gasteiger partial charge in [-0.25, -0.2) is 4.98 Å². The van der Waals surface area contributed by atoms with Crippen molar-refractivity contribution in [3.8, 4) is 16.3 Å². The van der Waals surface area contributed by atoms with Crippen LogP contribution in [0.25, 0.3) is 48.3 Å². The van der Waals surface area contributed by atoms with Crippen LogP contribution < -0.4 is 0 Å². The number of para-hydroxylation sites is 2. The van der Waals surface area contributed by atoms with Crippen LogP contribution in [-0.4, -0.2) is 9.55 Å². The second kappa shape index (κ2) is 6.04. The van der Waals surface area contributed by atoms with Crippen LogP contribution in [0.1, 0.15) is 0 Å². The molecule has 6 rings (SSSR count). The molecule has 3 heteroatoms. The molecule has 0 bridgehead atoms.